The summed E-state index contributed by atoms with van der Waals surface area (Å²) in [5.74, 6) is -0.330. The molecular weight excluding hydrogens is 545 g/mol. The van der Waals surface area contributed by atoms with Crippen LogP contribution in [-0.4, -0.2) is 37.1 Å². The highest BCUT2D eigenvalue weighted by molar-refractivity contribution is 5.91. The van der Waals surface area contributed by atoms with Gasteiger partial charge >= 0.3 is 6.18 Å². The second-order valence-corrected chi connectivity index (χ2v) is 10.0. The molecular formula is C31H29F3N6O2. The van der Waals surface area contributed by atoms with Crippen LogP contribution in [0.15, 0.2) is 85.5 Å². The summed E-state index contributed by atoms with van der Waals surface area (Å²) in [6.45, 7) is 2.22. The fourth-order valence-corrected chi connectivity index (χ4v) is 4.61. The normalized spacial score (nSPS) is 12.3. The predicted octanol–water partition coefficient (Wildman–Crippen LogP) is 6.13. The lowest BCUT2D eigenvalue weighted by Gasteiger charge is -2.13. The minimum Gasteiger partial charge on any atom is -0.348 e. The molecule has 0 fully saturated rings. The van der Waals surface area contributed by atoms with Gasteiger partial charge in [-0.05, 0) is 53.9 Å². The van der Waals surface area contributed by atoms with Crippen molar-refractivity contribution in [3.05, 3.63) is 96.8 Å². The Bertz CT molecular complexity index is 1720. The number of aryl methyl sites for hydroxylation is 1. The number of halogens is 3. The average molecular weight is 575 g/mol. The molecule has 8 nitrogen and oxygen atoms in total. The predicted molar refractivity (Wildman–Crippen MR) is 154 cm³/mol. The van der Waals surface area contributed by atoms with Gasteiger partial charge in [-0.15, -0.1) is 0 Å². The summed E-state index contributed by atoms with van der Waals surface area (Å²) >= 11 is 0. The molecule has 0 spiro atoms. The molecule has 0 saturated carbocycles. The molecule has 0 aliphatic rings. The zero-order valence-corrected chi connectivity index (χ0v) is 23.0. The number of hydrogen-bond acceptors (Lipinski definition) is 4. The van der Waals surface area contributed by atoms with Crippen LogP contribution in [0.4, 0.5) is 18.9 Å². The van der Waals surface area contributed by atoms with Crippen LogP contribution in [0.5, 0.6) is 0 Å². The van der Waals surface area contributed by atoms with E-state index in [1.54, 1.807) is 30.7 Å². The van der Waals surface area contributed by atoms with E-state index in [-0.39, 0.29) is 11.8 Å². The lowest BCUT2D eigenvalue weighted by Crippen LogP contribution is -2.28. The molecule has 2 N–H and O–H groups in total. The fraction of sp³-hybridized carbons (Fsp3) is 0.226. The first-order valence-electron chi connectivity index (χ1n) is 13.4. The third-order valence-electron chi connectivity index (χ3n) is 7.07. The van der Waals surface area contributed by atoms with E-state index in [4.69, 9.17) is 0 Å². The monoisotopic (exact) mass is 574 g/mol. The Labute approximate surface area is 240 Å². The summed E-state index contributed by atoms with van der Waals surface area (Å²) in [4.78, 5) is 33.4. The van der Waals surface area contributed by atoms with Gasteiger partial charge in [0.05, 0.1) is 29.9 Å². The van der Waals surface area contributed by atoms with Gasteiger partial charge in [-0.3, -0.25) is 14.2 Å². The number of carbonyl (C=O) groups excluding carboxylic acids is 2. The summed E-state index contributed by atoms with van der Waals surface area (Å²) < 4.78 is 41.0. The topological polar surface area (TPSA) is 93.8 Å². The number of nitrogens with zero attached hydrogens (tertiary/aromatic N) is 4. The smallest absolute Gasteiger partial charge is 0.348 e. The minimum atomic E-state index is -4.38. The van der Waals surface area contributed by atoms with E-state index in [2.05, 4.69) is 20.6 Å². The molecule has 0 aliphatic heterocycles. The number of carbonyl (C=O) groups is 2. The summed E-state index contributed by atoms with van der Waals surface area (Å²) in [5.41, 5.74) is 5.51. The van der Waals surface area contributed by atoms with Gasteiger partial charge in [-0.1, -0.05) is 36.4 Å². The van der Waals surface area contributed by atoms with Crippen molar-refractivity contribution >= 4 is 28.5 Å². The third kappa shape index (κ3) is 6.68. The molecule has 216 valence electrons. The van der Waals surface area contributed by atoms with Crippen molar-refractivity contribution in [3.63, 3.8) is 0 Å². The van der Waals surface area contributed by atoms with Gasteiger partial charge in [0, 0.05) is 37.2 Å². The lowest BCUT2D eigenvalue weighted by atomic mass is 9.96. The molecule has 0 aliphatic carbocycles. The molecule has 11 heteroatoms. The lowest BCUT2D eigenvalue weighted by molar-refractivity contribution is -0.142. The van der Waals surface area contributed by atoms with Crippen LogP contribution < -0.4 is 10.6 Å². The maximum Gasteiger partial charge on any atom is 0.389 e. The first-order chi connectivity index (χ1) is 20.1. The van der Waals surface area contributed by atoms with Crippen LogP contribution in [0.2, 0.25) is 0 Å². The maximum absolute atomic E-state index is 12.7. The summed E-state index contributed by atoms with van der Waals surface area (Å²) in [7, 11) is 1.88. The first kappa shape index (κ1) is 28.6. The maximum atomic E-state index is 12.7. The van der Waals surface area contributed by atoms with Crippen LogP contribution in [0.1, 0.15) is 37.1 Å². The van der Waals surface area contributed by atoms with Crippen LogP contribution in [-0.2, 0) is 23.2 Å². The summed E-state index contributed by atoms with van der Waals surface area (Å²) in [6, 6.07) is 20.6. The molecule has 2 amide bonds. The highest BCUT2D eigenvalue weighted by Gasteiger charge is 2.28. The Morgan fingerprint density at radius 3 is 2.45 bits per heavy atom. The van der Waals surface area contributed by atoms with Crippen LogP contribution in [0.25, 0.3) is 27.8 Å². The number of benzene rings is 3. The number of rotatable bonds is 9. The van der Waals surface area contributed by atoms with Crippen LogP contribution >= 0.6 is 0 Å². The van der Waals surface area contributed by atoms with Crippen molar-refractivity contribution in [2.24, 2.45) is 7.05 Å². The molecule has 2 heterocycles. The number of imidazole rings is 2. The zero-order valence-electron chi connectivity index (χ0n) is 23.0. The van der Waals surface area contributed by atoms with Crippen molar-refractivity contribution in [3.8, 4) is 16.8 Å². The Morgan fingerprint density at radius 1 is 0.976 bits per heavy atom. The number of alkyl halides is 3. The van der Waals surface area contributed by atoms with Gasteiger partial charge in [-0.25, -0.2) is 9.97 Å². The number of nitrogens with one attached hydrogen (secondary N) is 2. The summed E-state index contributed by atoms with van der Waals surface area (Å²) in [5, 5.41) is 5.46. The molecule has 1 unspecified atom stereocenters. The highest BCUT2D eigenvalue weighted by atomic mass is 19.4. The zero-order chi connectivity index (χ0) is 29.9. The van der Waals surface area contributed by atoms with E-state index in [1.807, 2.05) is 77.8 Å². The van der Waals surface area contributed by atoms with Gasteiger partial charge in [0.2, 0.25) is 11.8 Å². The largest absolute Gasteiger partial charge is 0.389 e. The number of anilines is 1. The van der Waals surface area contributed by atoms with Gasteiger partial charge in [0.1, 0.15) is 12.2 Å². The molecule has 3 aromatic carbocycles. The molecule has 0 saturated heterocycles. The highest BCUT2D eigenvalue weighted by Crippen LogP contribution is 2.28. The van der Waals surface area contributed by atoms with E-state index in [1.165, 1.54) is 0 Å². The van der Waals surface area contributed by atoms with Crippen molar-refractivity contribution in [2.45, 2.75) is 38.4 Å². The van der Waals surface area contributed by atoms with Gasteiger partial charge in [-0.2, -0.15) is 13.2 Å². The third-order valence-corrected chi connectivity index (χ3v) is 7.07. The Balaban J connectivity index is 1.27. The standard InChI is InChI=1S/C31H29F3N6O2/c1-20(30(42)36-18-28-35-14-15-39(28)2)21-6-8-22(9-7-21)23-10-11-27-26(16-23)37-19-40(27)25-5-3-4-24(17-25)38-29(41)12-13-31(32,33)34/h3-11,14-17,19-20H,12-13,18H2,1-2H3,(H,36,42)(H,38,41). The average Bonchev–Trinajstić information content (AvgIpc) is 3.59. The van der Waals surface area contributed by atoms with Gasteiger partial charge in [0.25, 0.3) is 0 Å². The Kier molecular flexibility index (Phi) is 8.10. The van der Waals surface area contributed by atoms with Gasteiger partial charge < -0.3 is 15.2 Å². The van der Waals surface area contributed by atoms with Gasteiger partial charge in [0.15, 0.2) is 0 Å². The van der Waals surface area contributed by atoms with Crippen molar-refractivity contribution < 1.29 is 22.8 Å². The second kappa shape index (κ2) is 11.9. The molecule has 0 radical (unpaired) electrons. The number of hydrogen-bond donors (Lipinski definition) is 2. The number of fused-ring (bicyclic) bond motifs is 1. The van der Waals surface area contributed by atoms with E-state index in [0.29, 0.717) is 17.9 Å². The molecule has 0 bridgehead atoms. The SMILES string of the molecule is CC(C(=O)NCc1nccn1C)c1ccc(-c2ccc3c(c2)ncn3-c2cccc(NC(=O)CCC(F)(F)F)c2)cc1. The fourth-order valence-electron chi connectivity index (χ4n) is 4.61. The minimum absolute atomic E-state index is 0.0809. The first-order valence-corrected chi connectivity index (χ1v) is 13.4. The van der Waals surface area contributed by atoms with E-state index in [0.717, 1.165) is 33.5 Å². The quantitative estimate of drug-likeness (QED) is 0.222. The molecule has 2 aromatic heterocycles. The number of amides is 2. The molecule has 5 rings (SSSR count). The van der Waals surface area contributed by atoms with E-state index >= 15 is 0 Å². The second-order valence-electron chi connectivity index (χ2n) is 10.0. The molecule has 42 heavy (non-hydrogen) atoms. The van der Waals surface area contributed by atoms with Crippen LogP contribution in [0.3, 0.4) is 0 Å². The molecule has 5 aromatic rings. The van der Waals surface area contributed by atoms with Crippen molar-refractivity contribution in [2.75, 3.05) is 5.32 Å². The Morgan fingerprint density at radius 2 is 1.74 bits per heavy atom. The van der Waals surface area contributed by atoms with E-state index in [9.17, 15) is 22.8 Å². The van der Waals surface area contributed by atoms with Crippen LogP contribution in [0, 0.1) is 0 Å². The summed E-state index contributed by atoms with van der Waals surface area (Å²) in [6.07, 6.45) is -1.00. The van der Waals surface area contributed by atoms with Crippen molar-refractivity contribution in [1.29, 1.82) is 0 Å². The van der Waals surface area contributed by atoms with Crippen molar-refractivity contribution in [1.82, 2.24) is 24.4 Å². The Hall–Kier alpha value is -4.93. The number of aromatic nitrogens is 4. The molecule has 1 atom stereocenters. The van der Waals surface area contributed by atoms with E-state index < -0.39 is 24.9 Å².